The second-order valence-corrected chi connectivity index (χ2v) is 8.12. The highest BCUT2D eigenvalue weighted by Gasteiger charge is 2.28. The maximum Gasteiger partial charge on any atom is 0.254 e. The molecule has 0 bridgehead atoms. The lowest BCUT2D eigenvalue weighted by Crippen LogP contribution is -2.44. The van der Waals surface area contributed by atoms with E-state index in [4.69, 9.17) is 14.2 Å². The number of rotatable bonds is 7. The predicted octanol–water partition coefficient (Wildman–Crippen LogP) is 3.12. The van der Waals surface area contributed by atoms with Crippen LogP contribution < -0.4 is 9.47 Å². The summed E-state index contributed by atoms with van der Waals surface area (Å²) in [6, 6.07) is 5.66. The van der Waals surface area contributed by atoms with Gasteiger partial charge in [0.2, 0.25) is 5.91 Å². The topological polar surface area (TPSA) is 68.3 Å². The lowest BCUT2D eigenvalue weighted by atomic mass is 9.98. The van der Waals surface area contributed by atoms with Gasteiger partial charge in [-0.25, -0.2) is 0 Å². The Hall–Kier alpha value is -2.28. The third-order valence-electron chi connectivity index (χ3n) is 6.13. The van der Waals surface area contributed by atoms with Gasteiger partial charge in [-0.1, -0.05) is 0 Å². The third-order valence-corrected chi connectivity index (χ3v) is 6.13. The molecule has 1 aromatic carbocycles. The van der Waals surface area contributed by atoms with Gasteiger partial charge in [0.1, 0.15) is 6.10 Å². The first kappa shape index (κ1) is 22.4. The molecule has 0 saturated carbocycles. The van der Waals surface area contributed by atoms with Gasteiger partial charge in [-0.2, -0.15) is 0 Å². The van der Waals surface area contributed by atoms with E-state index in [-0.39, 0.29) is 24.0 Å². The highest BCUT2D eigenvalue weighted by atomic mass is 16.5. The minimum Gasteiger partial charge on any atom is -0.493 e. The van der Waals surface area contributed by atoms with Crippen molar-refractivity contribution in [1.82, 2.24) is 9.80 Å². The van der Waals surface area contributed by atoms with E-state index in [0.717, 1.165) is 45.1 Å². The molecule has 166 valence electrons. The summed E-state index contributed by atoms with van der Waals surface area (Å²) in [6.45, 7) is 4.45. The molecule has 30 heavy (non-hydrogen) atoms. The van der Waals surface area contributed by atoms with Crippen LogP contribution in [-0.2, 0) is 9.53 Å². The van der Waals surface area contributed by atoms with E-state index in [9.17, 15) is 9.59 Å². The molecule has 2 amide bonds. The second-order valence-electron chi connectivity index (χ2n) is 8.12. The molecule has 2 fully saturated rings. The summed E-state index contributed by atoms with van der Waals surface area (Å²) in [7, 11) is 3.29. The van der Waals surface area contributed by atoms with Gasteiger partial charge in [-0.15, -0.1) is 0 Å². The van der Waals surface area contributed by atoms with Gasteiger partial charge in [0.05, 0.1) is 7.11 Å². The van der Waals surface area contributed by atoms with Gasteiger partial charge < -0.3 is 24.0 Å². The van der Waals surface area contributed by atoms with E-state index in [1.165, 1.54) is 0 Å². The van der Waals surface area contributed by atoms with Gasteiger partial charge in [-0.3, -0.25) is 9.59 Å². The molecular formula is C23H34N2O5. The van der Waals surface area contributed by atoms with E-state index in [1.807, 2.05) is 21.9 Å². The van der Waals surface area contributed by atoms with Crippen molar-refractivity contribution >= 4 is 11.8 Å². The van der Waals surface area contributed by atoms with Crippen molar-refractivity contribution in [2.24, 2.45) is 0 Å². The van der Waals surface area contributed by atoms with Crippen molar-refractivity contribution in [3.8, 4) is 11.5 Å². The smallest absolute Gasteiger partial charge is 0.254 e. The van der Waals surface area contributed by atoms with Gasteiger partial charge >= 0.3 is 0 Å². The molecule has 2 heterocycles. The van der Waals surface area contributed by atoms with Crippen molar-refractivity contribution in [3.05, 3.63) is 23.8 Å². The third kappa shape index (κ3) is 5.45. The van der Waals surface area contributed by atoms with Crippen LogP contribution in [0.25, 0.3) is 0 Å². The van der Waals surface area contributed by atoms with Crippen LogP contribution in [0.15, 0.2) is 18.2 Å². The van der Waals surface area contributed by atoms with E-state index in [1.54, 1.807) is 27.2 Å². The maximum absolute atomic E-state index is 13.2. The highest BCUT2D eigenvalue weighted by molar-refractivity contribution is 5.95. The van der Waals surface area contributed by atoms with Crippen LogP contribution in [-0.4, -0.2) is 74.2 Å². The molecule has 7 heteroatoms. The molecule has 0 N–H and O–H groups in total. The second kappa shape index (κ2) is 10.7. The summed E-state index contributed by atoms with van der Waals surface area (Å²) in [5.74, 6) is 1.36. The summed E-state index contributed by atoms with van der Waals surface area (Å²) >= 11 is 0. The van der Waals surface area contributed by atoms with Crippen LogP contribution >= 0.6 is 0 Å². The Morgan fingerprint density at radius 1 is 1.03 bits per heavy atom. The van der Waals surface area contributed by atoms with Crippen LogP contribution in [0, 0.1) is 0 Å². The monoisotopic (exact) mass is 418 g/mol. The van der Waals surface area contributed by atoms with Gasteiger partial charge in [-0.05, 0) is 43.9 Å². The van der Waals surface area contributed by atoms with Crippen LogP contribution in [0.3, 0.4) is 0 Å². The minimum atomic E-state index is 0.0374. The van der Waals surface area contributed by atoms with E-state index in [0.29, 0.717) is 36.8 Å². The fourth-order valence-electron chi connectivity index (χ4n) is 4.35. The summed E-state index contributed by atoms with van der Waals surface area (Å²) in [5.41, 5.74) is 0.620. The first-order chi connectivity index (χ1) is 14.5. The van der Waals surface area contributed by atoms with E-state index < -0.39 is 0 Å². The van der Waals surface area contributed by atoms with Crippen LogP contribution in [0.4, 0.5) is 0 Å². The van der Waals surface area contributed by atoms with E-state index >= 15 is 0 Å². The van der Waals surface area contributed by atoms with Crippen LogP contribution in [0.5, 0.6) is 11.5 Å². The lowest BCUT2D eigenvalue weighted by Gasteiger charge is -2.36. The molecule has 2 saturated heterocycles. The molecular weight excluding hydrogens is 384 g/mol. The number of carbonyl (C=O) groups is 2. The van der Waals surface area contributed by atoms with Crippen molar-refractivity contribution in [2.45, 2.75) is 57.6 Å². The zero-order valence-electron chi connectivity index (χ0n) is 18.4. The molecule has 0 radical (unpaired) electrons. The van der Waals surface area contributed by atoms with Gasteiger partial charge in [0, 0.05) is 64.7 Å². The molecule has 2 aliphatic rings. The Morgan fingerprint density at radius 2 is 1.80 bits per heavy atom. The molecule has 7 nitrogen and oxygen atoms in total. The first-order valence-corrected chi connectivity index (χ1v) is 10.9. The number of piperidine rings is 2. The van der Waals surface area contributed by atoms with Crippen molar-refractivity contribution in [1.29, 1.82) is 0 Å². The Morgan fingerprint density at radius 3 is 2.47 bits per heavy atom. The van der Waals surface area contributed by atoms with Crippen molar-refractivity contribution in [3.63, 3.8) is 0 Å². The Labute approximate surface area is 179 Å². The van der Waals surface area contributed by atoms with Crippen molar-refractivity contribution < 1.29 is 23.8 Å². The molecule has 2 aliphatic heterocycles. The van der Waals surface area contributed by atoms with Gasteiger partial charge in [0.25, 0.3) is 5.91 Å². The number of methoxy groups -OCH3 is 2. The zero-order chi connectivity index (χ0) is 21.5. The normalized spacial score (nSPS) is 20.2. The summed E-state index contributed by atoms with van der Waals surface area (Å²) < 4.78 is 16.9. The van der Waals surface area contributed by atoms with Crippen LogP contribution in [0.2, 0.25) is 0 Å². The number of hydrogen-bond acceptors (Lipinski definition) is 5. The SMILES string of the molecule is COCC[C@H]1CCCCN1C(=O)c1ccc(OC2CCN(C(C)=O)CC2)c(OC)c1. The number of amides is 2. The fourth-order valence-corrected chi connectivity index (χ4v) is 4.35. The molecule has 0 aliphatic carbocycles. The highest BCUT2D eigenvalue weighted by Crippen LogP contribution is 2.32. The first-order valence-electron chi connectivity index (χ1n) is 10.9. The number of hydrogen-bond donors (Lipinski definition) is 0. The molecule has 1 atom stereocenters. The molecule has 0 unspecified atom stereocenters. The fraction of sp³-hybridized carbons (Fsp3) is 0.652. The Bertz CT molecular complexity index is 730. The quantitative estimate of drug-likeness (QED) is 0.681. The number of nitrogens with zero attached hydrogens (tertiary/aromatic N) is 2. The zero-order valence-corrected chi connectivity index (χ0v) is 18.4. The summed E-state index contributed by atoms with van der Waals surface area (Å²) in [6.07, 6.45) is 5.68. The Kier molecular flexibility index (Phi) is 7.96. The molecule has 1 aromatic rings. The van der Waals surface area contributed by atoms with Gasteiger partial charge in [0.15, 0.2) is 11.5 Å². The number of ether oxygens (including phenoxy) is 3. The Balaban J connectivity index is 1.67. The lowest BCUT2D eigenvalue weighted by molar-refractivity contribution is -0.130. The number of likely N-dealkylation sites (tertiary alicyclic amines) is 2. The largest absolute Gasteiger partial charge is 0.493 e. The average molecular weight is 419 g/mol. The standard InChI is InChI=1S/C23H34N2O5/c1-17(26)24-13-9-20(10-14-24)30-21-8-7-18(16-22(21)29-3)23(27)25-12-5-4-6-19(25)11-15-28-2/h7-8,16,19-20H,4-6,9-15H2,1-3H3/t19-/m1/s1. The molecule has 0 aromatic heterocycles. The van der Waals surface area contributed by atoms with E-state index in [2.05, 4.69) is 0 Å². The predicted molar refractivity (Wildman–Crippen MR) is 114 cm³/mol. The van der Waals surface area contributed by atoms with Crippen LogP contribution in [0.1, 0.15) is 55.8 Å². The molecule has 3 rings (SSSR count). The maximum atomic E-state index is 13.2. The number of carbonyl (C=O) groups excluding carboxylic acids is 2. The summed E-state index contributed by atoms with van der Waals surface area (Å²) in [5, 5.41) is 0. The number of benzene rings is 1. The minimum absolute atomic E-state index is 0.0374. The summed E-state index contributed by atoms with van der Waals surface area (Å²) in [4.78, 5) is 28.5. The van der Waals surface area contributed by atoms with Crippen molar-refractivity contribution in [2.75, 3.05) is 40.5 Å². The molecule has 0 spiro atoms. The average Bonchev–Trinajstić information content (AvgIpc) is 2.78.